The second-order valence-electron chi connectivity index (χ2n) is 6.51. The van der Waals surface area contributed by atoms with Crippen LogP contribution in [-0.2, 0) is 11.2 Å². The first-order valence-electron chi connectivity index (χ1n) is 9.42. The minimum absolute atomic E-state index is 0.243. The SMILES string of the molecule is COCCOc1ccc(NC(=O)NCCc2csc(-c3ccc(C)cc3)n2)cc1. The molecule has 7 heteroatoms. The summed E-state index contributed by atoms with van der Waals surface area (Å²) in [6.07, 6.45) is 0.683. The van der Waals surface area contributed by atoms with Gasteiger partial charge in [-0.05, 0) is 31.2 Å². The maximum Gasteiger partial charge on any atom is 0.319 e. The van der Waals surface area contributed by atoms with E-state index in [1.807, 2.05) is 17.5 Å². The molecule has 0 spiro atoms. The van der Waals surface area contributed by atoms with Gasteiger partial charge in [0.1, 0.15) is 17.4 Å². The van der Waals surface area contributed by atoms with E-state index in [9.17, 15) is 4.79 Å². The molecular weight excluding hydrogens is 386 g/mol. The number of urea groups is 1. The quantitative estimate of drug-likeness (QED) is 0.508. The van der Waals surface area contributed by atoms with Gasteiger partial charge in [-0.25, -0.2) is 9.78 Å². The van der Waals surface area contributed by atoms with Crippen LogP contribution in [0, 0.1) is 6.92 Å². The molecule has 0 saturated carbocycles. The minimum Gasteiger partial charge on any atom is -0.491 e. The van der Waals surface area contributed by atoms with Crippen molar-refractivity contribution >= 4 is 23.1 Å². The molecule has 2 amide bonds. The van der Waals surface area contributed by atoms with E-state index in [0.717, 1.165) is 22.0 Å². The number of methoxy groups -OCH3 is 1. The highest BCUT2D eigenvalue weighted by molar-refractivity contribution is 7.13. The number of hydrogen-bond donors (Lipinski definition) is 2. The van der Waals surface area contributed by atoms with Crippen LogP contribution in [0.5, 0.6) is 5.75 Å². The lowest BCUT2D eigenvalue weighted by atomic mass is 10.2. The van der Waals surface area contributed by atoms with Gasteiger partial charge < -0.3 is 20.1 Å². The summed E-state index contributed by atoms with van der Waals surface area (Å²) in [7, 11) is 1.63. The number of benzene rings is 2. The Hall–Kier alpha value is -2.90. The van der Waals surface area contributed by atoms with Crippen molar-refractivity contribution in [2.45, 2.75) is 13.3 Å². The van der Waals surface area contributed by atoms with Gasteiger partial charge in [-0.1, -0.05) is 29.8 Å². The highest BCUT2D eigenvalue weighted by atomic mass is 32.1. The van der Waals surface area contributed by atoms with Gasteiger partial charge in [0.25, 0.3) is 0 Å². The number of carbonyl (C=O) groups excluding carboxylic acids is 1. The Balaban J connectivity index is 1.41. The average Bonchev–Trinajstić information content (AvgIpc) is 3.19. The number of amides is 2. The monoisotopic (exact) mass is 411 g/mol. The second kappa shape index (κ2) is 10.6. The normalized spacial score (nSPS) is 10.6. The first-order chi connectivity index (χ1) is 14.1. The summed E-state index contributed by atoms with van der Waals surface area (Å²) in [5.41, 5.74) is 4.03. The van der Waals surface area contributed by atoms with E-state index in [1.54, 1.807) is 30.6 Å². The first kappa shape index (κ1) is 20.8. The Morgan fingerprint density at radius 2 is 1.83 bits per heavy atom. The number of carbonyl (C=O) groups is 1. The molecule has 1 heterocycles. The van der Waals surface area contributed by atoms with E-state index in [2.05, 4.69) is 46.8 Å². The van der Waals surface area contributed by atoms with E-state index < -0.39 is 0 Å². The second-order valence-corrected chi connectivity index (χ2v) is 7.36. The predicted octanol–water partition coefficient (Wildman–Crippen LogP) is 4.51. The summed E-state index contributed by atoms with van der Waals surface area (Å²) in [6.45, 7) is 3.61. The average molecular weight is 412 g/mol. The smallest absolute Gasteiger partial charge is 0.319 e. The third-order valence-corrected chi connectivity index (χ3v) is 5.13. The van der Waals surface area contributed by atoms with Crippen molar-refractivity contribution < 1.29 is 14.3 Å². The van der Waals surface area contributed by atoms with Crippen LogP contribution in [0.3, 0.4) is 0 Å². The molecule has 1 aromatic heterocycles. The molecule has 0 bridgehead atoms. The van der Waals surface area contributed by atoms with Gasteiger partial charge in [-0.2, -0.15) is 0 Å². The number of hydrogen-bond acceptors (Lipinski definition) is 5. The van der Waals surface area contributed by atoms with Gasteiger partial charge in [-0.15, -0.1) is 11.3 Å². The zero-order chi connectivity index (χ0) is 20.5. The van der Waals surface area contributed by atoms with E-state index in [4.69, 9.17) is 9.47 Å². The number of ether oxygens (including phenoxy) is 2. The zero-order valence-corrected chi connectivity index (χ0v) is 17.4. The van der Waals surface area contributed by atoms with E-state index in [1.165, 1.54) is 5.56 Å². The summed E-state index contributed by atoms with van der Waals surface area (Å²) in [4.78, 5) is 16.7. The van der Waals surface area contributed by atoms with Crippen molar-refractivity contribution in [3.63, 3.8) is 0 Å². The van der Waals surface area contributed by atoms with E-state index in [-0.39, 0.29) is 6.03 Å². The third kappa shape index (κ3) is 6.58. The van der Waals surface area contributed by atoms with Crippen LogP contribution in [-0.4, -0.2) is 37.9 Å². The van der Waals surface area contributed by atoms with Gasteiger partial charge in [-0.3, -0.25) is 0 Å². The molecule has 0 fully saturated rings. The van der Waals surface area contributed by atoms with Gasteiger partial charge in [0.2, 0.25) is 0 Å². The predicted molar refractivity (Wildman–Crippen MR) is 117 cm³/mol. The summed E-state index contributed by atoms with van der Waals surface area (Å²) in [5.74, 6) is 0.737. The van der Waals surface area contributed by atoms with E-state index >= 15 is 0 Å². The first-order valence-corrected chi connectivity index (χ1v) is 10.3. The number of aromatic nitrogens is 1. The van der Waals surface area contributed by atoms with Crippen LogP contribution in [0.2, 0.25) is 0 Å². The number of anilines is 1. The summed E-state index contributed by atoms with van der Waals surface area (Å²) in [6, 6.07) is 15.3. The number of rotatable bonds is 9. The molecule has 0 aliphatic heterocycles. The molecular formula is C22H25N3O3S. The maximum atomic E-state index is 12.1. The van der Waals surface area contributed by atoms with Crippen LogP contribution in [0.4, 0.5) is 10.5 Å². The molecule has 0 atom stereocenters. The molecule has 3 aromatic rings. The summed E-state index contributed by atoms with van der Waals surface area (Å²) < 4.78 is 10.4. The number of thiazole rings is 1. The summed E-state index contributed by atoms with van der Waals surface area (Å²) in [5, 5.41) is 8.71. The fourth-order valence-electron chi connectivity index (χ4n) is 2.61. The van der Waals surface area contributed by atoms with Crippen LogP contribution in [0.1, 0.15) is 11.3 Å². The lowest BCUT2D eigenvalue weighted by molar-refractivity contribution is 0.146. The lowest BCUT2D eigenvalue weighted by Crippen LogP contribution is -2.30. The van der Waals surface area contributed by atoms with Gasteiger partial charge >= 0.3 is 6.03 Å². The maximum absolute atomic E-state index is 12.1. The van der Waals surface area contributed by atoms with Gasteiger partial charge in [0.15, 0.2) is 0 Å². The van der Waals surface area contributed by atoms with Crippen LogP contribution < -0.4 is 15.4 Å². The number of nitrogens with one attached hydrogen (secondary N) is 2. The van der Waals surface area contributed by atoms with Crippen molar-refractivity contribution in [3.05, 3.63) is 65.2 Å². The van der Waals surface area contributed by atoms with Gasteiger partial charge in [0, 0.05) is 36.7 Å². The Labute approximate surface area is 174 Å². The molecule has 6 nitrogen and oxygen atoms in total. The van der Waals surface area contributed by atoms with Crippen molar-refractivity contribution in [2.24, 2.45) is 0 Å². The molecule has 152 valence electrons. The fraction of sp³-hybridized carbons (Fsp3) is 0.273. The molecule has 0 aliphatic carbocycles. The largest absolute Gasteiger partial charge is 0.491 e. The fourth-order valence-corrected chi connectivity index (χ4v) is 3.47. The molecule has 29 heavy (non-hydrogen) atoms. The number of nitrogens with zero attached hydrogens (tertiary/aromatic N) is 1. The standard InChI is InChI=1S/C22H25N3O3S/c1-16-3-5-17(6-4-16)21-24-19(15-29-21)11-12-23-22(26)25-18-7-9-20(10-8-18)28-14-13-27-2/h3-10,15H,11-14H2,1-2H3,(H2,23,25,26). The molecule has 0 saturated heterocycles. The molecule has 2 aromatic carbocycles. The minimum atomic E-state index is -0.243. The van der Waals surface area contributed by atoms with Crippen molar-refractivity contribution in [2.75, 3.05) is 32.2 Å². The van der Waals surface area contributed by atoms with Crippen LogP contribution in [0.15, 0.2) is 53.9 Å². The van der Waals surface area contributed by atoms with Crippen LogP contribution in [0.25, 0.3) is 10.6 Å². The summed E-state index contributed by atoms with van der Waals surface area (Å²) >= 11 is 1.62. The molecule has 3 rings (SSSR count). The Kier molecular flexibility index (Phi) is 7.61. The third-order valence-electron chi connectivity index (χ3n) is 4.19. The molecule has 0 radical (unpaired) electrons. The van der Waals surface area contributed by atoms with E-state index in [0.29, 0.717) is 31.9 Å². The Morgan fingerprint density at radius 3 is 2.55 bits per heavy atom. The highest BCUT2D eigenvalue weighted by Gasteiger charge is 2.06. The molecule has 0 unspecified atom stereocenters. The lowest BCUT2D eigenvalue weighted by Gasteiger charge is -2.09. The Bertz CT molecular complexity index is 908. The zero-order valence-electron chi connectivity index (χ0n) is 16.6. The highest BCUT2D eigenvalue weighted by Crippen LogP contribution is 2.24. The van der Waals surface area contributed by atoms with Crippen molar-refractivity contribution in [3.8, 4) is 16.3 Å². The molecule has 2 N–H and O–H groups in total. The number of aryl methyl sites for hydroxylation is 1. The topological polar surface area (TPSA) is 72.5 Å². The van der Waals surface area contributed by atoms with Gasteiger partial charge in [0.05, 0.1) is 12.3 Å². The van der Waals surface area contributed by atoms with Crippen LogP contribution >= 0.6 is 11.3 Å². The van der Waals surface area contributed by atoms with Crippen molar-refractivity contribution in [1.82, 2.24) is 10.3 Å². The molecule has 0 aliphatic rings. The van der Waals surface area contributed by atoms with Crippen molar-refractivity contribution in [1.29, 1.82) is 0 Å². The Morgan fingerprint density at radius 1 is 1.07 bits per heavy atom.